The van der Waals surface area contributed by atoms with Gasteiger partial charge in [0.1, 0.15) is 5.69 Å². The molecule has 2 aromatic rings. The highest BCUT2D eigenvalue weighted by Gasteiger charge is 2.33. The molecule has 1 aliphatic heterocycles. The molecular formula is C17H24N4O2. The molecule has 124 valence electrons. The first-order valence-electron chi connectivity index (χ1n) is 8.49. The number of aliphatic hydroxyl groups is 1. The van der Waals surface area contributed by atoms with E-state index in [2.05, 4.69) is 9.88 Å². The van der Waals surface area contributed by atoms with E-state index in [1.54, 1.807) is 0 Å². The summed E-state index contributed by atoms with van der Waals surface area (Å²) in [5, 5.41) is 10.0. The van der Waals surface area contributed by atoms with Crippen molar-refractivity contribution in [3.05, 3.63) is 24.0 Å². The maximum atomic E-state index is 12.7. The predicted octanol–water partition coefficient (Wildman–Crippen LogP) is 1.18. The molecule has 1 amide bonds. The summed E-state index contributed by atoms with van der Waals surface area (Å²) in [5.41, 5.74) is 2.73. The molecule has 2 fully saturated rings. The molecule has 0 aromatic carbocycles. The van der Waals surface area contributed by atoms with Crippen LogP contribution in [0.3, 0.4) is 0 Å². The molecule has 1 saturated carbocycles. The Kier molecular flexibility index (Phi) is 3.66. The molecule has 3 heterocycles. The summed E-state index contributed by atoms with van der Waals surface area (Å²) >= 11 is 0. The van der Waals surface area contributed by atoms with E-state index in [-0.39, 0.29) is 12.0 Å². The van der Waals surface area contributed by atoms with Crippen molar-refractivity contribution in [1.82, 2.24) is 19.4 Å². The molecular weight excluding hydrogens is 292 g/mol. The first-order chi connectivity index (χ1) is 11.1. The summed E-state index contributed by atoms with van der Waals surface area (Å²) in [5.74, 6) is 0.0767. The lowest BCUT2D eigenvalue weighted by Gasteiger charge is -2.38. The summed E-state index contributed by atoms with van der Waals surface area (Å²) < 4.78 is 2.02. The van der Waals surface area contributed by atoms with E-state index in [9.17, 15) is 9.90 Å². The summed E-state index contributed by atoms with van der Waals surface area (Å²) in [6.45, 7) is 3.18. The number of nitrogens with zero attached hydrogens (tertiary/aromatic N) is 3. The quantitative estimate of drug-likeness (QED) is 0.874. The van der Waals surface area contributed by atoms with Gasteiger partial charge in [-0.1, -0.05) is 0 Å². The van der Waals surface area contributed by atoms with E-state index in [1.807, 2.05) is 34.8 Å². The third-order valence-electron chi connectivity index (χ3n) is 5.42. The van der Waals surface area contributed by atoms with Gasteiger partial charge in [-0.2, -0.15) is 0 Å². The Balaban J connectivity index is 1.42. The number of hydrogen-bond donors (Lipinski definition) is 2. The third-order valence-corrected chi connectivity index (χ3v) is 5.42. The molecule has 6 heteroatoms. The van der Waals surface area contributed by atoms with Crippen molar-refractivity contribution in [2.75, 3.05) is 26.2 Å². The van der Waals surface area contributed by atoms with Crippen molar-refractivity contribution in [2.24, 2.45) is 7.05 Å². The Morgan fingerprint density at radius 3 is 2.70 bits per heavy atom. The van der Waals surface area contributed by atoms with Crippen LogP contribution in [-0.4, -0.2) is 68.7 Å². The number of nitrogens with one attached hydrogen (secondary N) is 1. The van der Waals surface area contributed by atoms with Crippen molar-refractivity contribution in [2.45, 2.75) is 31.4 Å². The predicted molar refractivity (Wildman–Crippen MR) is 88.4 cm³/mol. The van der Waals surface area contributed by atoms with E-state index in [0.717, 1.165) is 56.5 Å². The molecule has 0 radical (unpaired) electrons. The van der Waals surface area contributed by atoms with Crippen LogP contribution < -0.4 is 0 Å². The molecule has 2 atom stereocenters. The molecule has 0 bridgehead atoms. The van der Waals surface area contributed by atoms with Crippen LogP contribution in [-0.2, 0) is 7.05 Å². The van der Waals surface area contributed by atoms with Crippen LogP contribution in [0.15, 0.2) is 18.3 Å². The fraction of sp³-hybridized carbons (Fsp3) is 0.588. The molecule has 23 heavy (non-hydrogen) atoms. The summed E-state index contributed by atoms with van der Waals surface area (Å²) in [7, 11) is 1.98. The number of aromatic nitrogens is 2. The van der Waals surface area contributed by atoms with Gasteiger partial charge in [0.2, 0.25) is 0 Å². The summed E-state index contributed by atoms with van der Waals surface area (Å²) in [6.07, 6.45) is 4.91. The van der Waals surface area contributed by atoms with Crippen molar-refractivity contribution < 1.29 is 9.90 Å². The average molecular weight is 316 g/mol. The number of carbonyl (C=O) groups excluding carboxylic acids is 1. The number of hydrogen-bond acceptors (Lipinski definition) is 3. The van der Waals surface area contributed by atoms with Gasteiger partial charge in [0.25, 0.3) is 5.91 Å². The minimum atomic E-state index is -0.189. The van der Waals surface area contributed by atoms with E-state index in [0.29, 0.717) is 11.7 Å². The van der Waals surface area contributed by atoms with Crippen LogP contribution in [0.1, 0.15) is 29.8 Å². The number of aliphatic hydroxyl groups excluding tert-OH is 1. The number of rotatable bonds is 2. The van der Waals surface area contributed by atoms with Gasteiger partial charge in [-0.05, 0) is 31.4 Å². The number of amides is 1. The smallest absolute Gasteiger partial charge is 0.270 e. The normalized spacial score (nSPS) is 26.3. The fourth-order valence-electron chi connectivity index (χ4n) is 4.03. The van der Waals surface area contributed by atoms with Gasteiger partial charge in [-0.25, -0.2) is 0 Å². The molecule has 2 aliphatic rings. The molecule has 0 spiro atoms. The lowest BCUT2D eigenvalue weighted by Crippen LogP contribution is -2.53. The van der Waals surface area contributed by atoms with Crippen molar-refractivity contribution >= 4 is 16.9 Å². The molecule has 1 saturated heterocycles. The van der Waals surface area contributed by atoms with E-state index >= 15 is 0 Å². The van der Waals surface area contributed by atoms with Gasteiger partial charge in [-0.15, -0.1) is 0 Å². The standard InChI is InChI=1S/C17H24N4O2/c1-19-6-5-12-15(19)11-13(18-12)17(23)21-9-7-20(8-10-21)14-3-2-4-16(14)22/h5-6,11,14,16,18,22H,2-4,7-10H2,1H3. The SMILES string of the molecule is Cn1ccc2[nH]c(C(=O)N3CCN(C4CCCC4O)CC3)cc21. The molecule has 2 aromatic heterocycles. The third kappa shape index (κ3) is 2.56. The van der Waals surface area contributed by atoms with Crippen LogP contribution in [0.25, 0.3) is 11.0 Å². The maximum Gasteiger partial charge on any atom is 0.270 e. The van der Waals surface area contributed by atoms with Crippen LogP contribution in [0.2, 0.25) is 0 Å². The zero-order valence-electron chi connectivity index (χ0n) is 13.5. The highest BCUT2D eigenvalue weighted by molar-refractivity contribution is 5.97. The van der Waals surface area contributed by atoms with Crippen molar-refractivity contribution in [3.63, 3.8) is 0 Å². The van der Waals surface area contributed by atoms with E-state index < -0.39 is 0 Å². The molecule has 4 rings (SSSR count). The van der Waals surface area contributed by atoms with Gasteiger partial charge in [0.05, 0.1) is 17.1 Å². The number of aromatic amines is 1. The van der Waals surface area contributed by atoms with Gasteiger partial charge < -0.3 is 19.6 Å². The van der Waals surface area contributed by atoms with Crippen LogP contribution in [0.5, 0.6) is 0 Å². The second kappa shape index (κ2) is 5.69. The first-order valence-corrected chi connectivity index (χ1v) is 8.49. The number of piperazine rings is 1. The van der Waals surface area contributed by atoms with Gasteiger partial charge in [0, 0.05) is 45.5 Å². The summed E-state index contributed by atoms with van der Waals surface area (Å²) in [4.78, 5) is 20.2. The minimum Gasteiger partial charge on any atom is -0.391 e. The number of fused-ring (bicyclic) bond motifs is 1. The van der Waals surface area contributed by atoms with Crippen molar-refractivity contribution in [1.29, 1.82) is 0 Å². The van der Waals surface area contributed by atoms with Crippen molar-refractivity contribution in [3.8, 4) is 0 Å². The second-order valence-corrected chi connectivity index (χ2v) is 6.80. The van der Waals surface area contributed by atoms with Gasteiger partial charge >= 0.3 is 0 Å². The topological polar surface area (TPSA) is 64.5 Å². The molecule has 2 unspecified atom stereocenters. The van der Waals surface area contributed by atoms with Gasteiger partial charge in [0.15, 0.2) is 0 Å². The maximum absolute atomic E-state index is 12.7. The zero-order valence-corrected chi connectivity index (χ0v) is 13.5. The number of carbonyl (C=O) groups is 1. The second-order valence-electron chi connectivity index (χ2n) is 6.80. The van der Waals surface area contributed by atoms with E-state index in [4.69, 9.17) is 0 Å². The minimum absolute atomic E-state index is 0.0767. The van der Waals surface area contributed by atoms with E-state index in [1.165, 1.54) is 0 Å². The molecule has 1 aliphatic carbocycles. The zero-order chi connectivity index (χ0) is 16.0. The average Bonchev–Trinajstić information content (AvgIpc) is 3.25. The Morgan fingerprint density at radius 2 is 2.04 bits per heavy atom. The first kappa shape index (κ1) is 14.8. The lowest BCUT2D eigenvalue weighted by atomic mass is 10.1. The molecule has 6 nitrogen and oxygen atoms in total. The highest BCUT2D eigenvalue weighted by atomic mass is 16.3. The lowest BCUT2D eigenvalue weighted by molar-refractivity contribution is 0.0313. The Bertz CT molecular complexity index is 711. The molecule has 2 N–H and O–H groups in total. The van der Waals surface area contributed by atoms with Crippen LogP contribution in [0, 0.1) is 0 Å². The Morgan fingerprint density at radius 1 is 1.26 bits per heavy atom. The fourth-order valence-corrected chi connectivity index (χ4v) is 4.03. The number of aryl methyl sites for hydroxylation is 1. The Hall–Kier alpha value is -1.79. The van der Waals surface area contributed by atoms with Crippen LogP contribution in [0.4, 0.5) is 0 Å². The van der Waals surface area contributed by atoms with Crippen LogP contribution >= 0.6 is 0 Å². The Labute approximate surface area is 135 Å². The summed E-state index contributed by atoms with van der Waals surface area (Å²) in [6, 6.07) is 4.22. The monoisotopic (exact) mass is 316 g/mol. The van der Waals surface area contributed by atoms with Gasteiger partial charge in [-0.3, -0.25) is 9.69 Å². The highest BCUT2D eigenvalue weighted by Crippen LogP contribution is 2.25. The number of H-pyrrole nitrogens is 1. The largest absolute Gasteiger partial charge is 0.391 e.